The van der Waals surface area contributed by atoms with Crippen LogP contribution in [0.1, 0.15) is 31.7 Å². The van der Waals surface area contributed by atoms with Crippen LogP contribution in [-0.2, 0) is 9.59 Å². The van der Waals surface area contributed by atoms with Gasteiger partial charge in [-0.2, -0.15) is 0 Å². The van der Waals surface area contributed by atoms with Crippen LogP contribution in [0.25, 0.3) is 0 Å². The number of aryl methyl sites for hydroxylation is 1. The molecule has 5 heteroatoms. The number of carbonyl (C=O) groups is 2. The Bertz CT molecular complexity index is 602. The van der Waals surface area contributed by atoms with Crippen LogP contribution in [0.4, 0.5) is 10.1 Å². The van der Waals surface area contributed by atoms with Crippen LogP contribution in [0.2, 0.25) is 0 Å². The van der Waals surface area contributed by atoms with E-state index in [1.807, 2.05) is 6.92 Å². The largest absolute Gasteiger partial charge is 0.329 e. The number of amides is 2. The molecule has 0 saturated carbocycles. The number of fused-ring (bicyclic) bond motifs is 1. The number of nitrogens with zero attached hydrogens (tertiary/aromatic N) is 2. The summed E-state index contributed by atoms with van der Waals surface area (Å²) in [4.78, 5) is 28.3. The summed E-state index contributed by atoms with van der Waals surface area (Å²) in [5.41, 5.74) is 1.01. The third-order valence-electron chi connectivity index (χ3n) is 4.40. The van der Waals surface area contributed by atoms with Crippen LogP contribution in [-0.4, -0.2) is 35.3 Å². The van der Waals surface area contributed by atoms with Crippen LogP contribution in [0, 0.1) is 12.7 Å². The van der Waals surface area contributed by atoms with Crippen LogP contribution in [0.5, 0.6) is 0 Å². The normalized spacial score (nSPS) is 25.5. The van der Waals surface area contributed by atoms with Gasteiger partial charge in [-0.25, -0.2) is 4.39 Å². The van der Waals surface area contributed by atoms with Crippen molar-refractivity contribution in [2.75, 3.05) is 11.4 Å². The molecule has 2 atom stereocenters. The lowest BCUT2D eigenvalue weighted by atomic mass is 10.0. The summed E-state index contributed by atoms with van der Waals surface area (Å²) in [5.74, 6) is -0.651. The van der Waals surface area contributed by atoms with E-state index in [0.717, 1.165) is 12.0 Å². The number of benzene rings is 1. The fourth-order valence-corrected chi connectivity index (χ4v) is 3.35. The monoisotopic (exact) mass is 290 g/mol. The van der Waals surface area contributed by atoms with Crippen LogP contribution < -0.4 is 4.90 Å². The topological polar surface area (TPSA) is 40.6 Å². The lowest BCUT2D eigenvalue weighted by Crippen LogP contribution is -2.63. The van der Waals surface area contributed by atoms with E-state index >= 15 is 0 Å². The maximum Gasteiger partial charge on any atom is 0.250 e. The molecule has 0 radical (unpaired) electrons. The highest BCUT2D eigenvalue weighted by Crippen LogP contribution is 2.33. The number of rotatable bonds is 2. The van der Waals surface area contributed by atoms with E-state index in [9.17, 15) is 14.0 Å². The lowest BCUT2D eigenvalue weighted by molar-refractivity contribution is -0.144. The first-order valence-electron chi connectivity index (χ1n) is 7.44. The Morgan fingerprint density at radius 1 is 1.29 bits per heavy atom. The van der Waals surface area contributed by atoms with Crippen molar-refractivity contribution < 1.29 is 14.0 Å². The van der Waals surface area contributed by atoms with Gasteiger partial charge in [-0.3, -0.25) is 14.5 Å². The molecule has 0 spiro atoms. The van der Waals surface area contributed by atoms with E-state index in [4.69, 9.17) is 0 Å². The molecule has 0 bridgehead atoms. The number of halogens is 1. The fraction of sp³-hybridized carbons (Fsp3) is 0.500. The summed E-state index contributed by atoms with van der Waals surface area (Å²) in [6.07, 6.45) is 1.99. The molecule has 21 heavy (non-hydrogen) atoms. The smallest absolute Gasteiger partial charge is 0.250 e. The molecule has 112 valence electrons. The van der Waals surface area contributed by atoms with E-state index in [1.54, 1.807) is 24.0 Å². The molecule has 0 aromatic heterocycles. The fourth-order valence-electron chi connectivity index (χ4n) is 3.35. The summed E-state index contributed by atoms with van der Waals surface area (Å²) in [6.45, 7) is 4.29. The molecule has 0 N–H and O–H groups in total. The Morgan fingerprint density at radius 3 is 2.71 bits per heavy atom. The highest BCUT2D eigenvalue weighted by molar-refractivity contribution is 6.08. The summed E-state index contributed by atoms with van der Waals surface area (Å²) in [6, 6.07) is 3.76. The number of carbonyl (C=O) groups excluding carboxylic acids is 2. The Hall–Kier alpha value is -1.91. The molecule has 2 saturated heterocycles. The first kappa shape index (κ1) is 14.0. The van der Waals surface area contributed by atoms with Crippen molar-refractivity contribution >= 4 is 17.5 Å². The molecule has 0 aliphatic carbocycles. The minimum absolute atomic E-state index is 0.0559. The van der Waals surface area contributed by atoms with E-state index in [-0.39, 0.29) is 17.5 Å². The molecule has 2 amide bonds. The number of piperazine rings is 1. The maximum absolute atomic E-state index is 14.3. The van der Waals surface area contributed by atoms with Gasteiger partial charge >= 0.3 is 0 Å². The molecular weight excluding hydrogens is 271 g/mol. The van der Waals surface area contributed by atoms with Crippen molar-refractivity contribution in [2.24, 2.45) is 0 Å². The summed E-state index contributed by atoms with van der Waals surface area (Å²) >= 11 is 0. The van der Waals surface area contributed by atoms with Crippen molar-refractivity contribution in [3.8, 4) is 0 Å². The highest BCUT2D eigenvalue weighted by atomic mass is 19.1. The Kier molecular flexibility index (Phi) is 3.43. The summed E-state index contributed by atoms with van der Waals surface area (Å²) in [5, 5.41) is 0. The minimum Gasteiger partial charge on any atom is -0.329 e. The van der Waals surface area contributed by atoms with Crippen LogP contribution >= 0.6 is 0 Å². The molecule has 3 rings (SSSR count). The molecule has 2 unspecified atom stereocenters. The molecule has 1 aromatic rings. The van der Waals surface area contributed by atoms with Crippen LogP contribution in [0.3, 0.4) is 0 Å². The Balaban J connectivity index is 2.05. The highest BCUT2D eigenvalue weighted by Gasteiger charge is 2.48. The standard InChI is InChI=1S/C16H19FN2O2/c1-3-12-15(20)18-8-4-5-14(18)16(21)19(12)13-7-6-10(2)9-11(13)17/h6-7,9,12,14H,3-5,8H2,1-2H3. The minimum atomic E-state index is -0.593. The van der Waals surface area contributed by atoms with Gasteiger partial charge in [0.2, 0.25) is 5.91 Å². The predicted molar refractivity (Wildman–Crippen MR) is 77.4 cm³/mol. The van der Waals surface area contributed by atoms with Gasteiger partial charge in [-0.05, 0) is 43.9 Å². The molecule has 4 nitrogen and oxygen atoms in total. The third-order valence-corrected chi connectivity index (χ3v) is 4.40. The molecule has 2 aliphatic rings. The van der Waals surface area contributed by atoms with Crippen molar-refractivity contribution in [1.82, 2.24) is 4.90 Å². The predicted octanol–water partition coefficient (Wildman–Crippen LogP) is 2.25. The van der Waals surface area contributed by atoms with Gasteiger partial charge in [0.05, 0.1) is 5.69 Å². The van der Waals surface area contributed by atoms with Gasteiger partial charge in [0, 0.05) is 6.54 Å². The molecular formula is C16H19FN2O2. The first-order valence-corrected chi connectivity index (χ1v) is 7.44. The second kappa shape index (κ2) is 5.13. The zero-order valence-electron chi connectivity index (χ0n) is 12.3. The van der Waals surface area contributed by atoms with Gasteiger partial charge in [0.1, 0.15) is 17.9 Å². The van der Waals surface area contributed by atoms with Crippen molar-refractivity contribution in [3.05, 3.63) is 29.6 Å². The van der Waals surface area contributed by atoms with E-state index in [0.29, 0.717) is 19.4 Å². The van der Waals surface area contributed by atoms with Gasteiger partial charge < -0.3 is 4.90 Å². The zero-order chi connectivity index (χ0) is 15.1. The van der Waals surface area contributed by atoms with Gasteiger partial charge in [-0.15, -0.1) is 0 Å². The number of hydrogen-bond donors (Lipinski definition) is 0. The maximum atomic E-state index is 14.3. The van der Waals surface area contributed by atoms with Gasteiger partial charge in [-0.1, -0.05) is 13.0 Å². The molecule has 2 aliphatic heterocycles. The van der Waals surface area contributed by atoms with E-state index < -0.39 is 17.9 Å². The lowest BCUT2D eigenvalue weighted by Gasteiger charge is -2.42. The van der Waals surface area contributed by atoms with Gasteiger partial charge in [0.15, 0.2) is 0 Å². The summed E-state index contributed by atoms with van der Waals surface area (Å²) < 4.78 is 14.3. The number of anilines is 1. The molecule has 2 fully saturated rings. The average Bonchev–Trinajstić information content (AvgIpc) is 2.93. The van der Waals surface area contributed by atoms with Gasteiger partial charge in [0.25, 0.3) is 5.91 Å². The van der Waals surface area contributed by atoms with Crippen molar-refractivity contribution in [3.63, 3.8) is 0 Å². The second-order valence-corrected chi connectivity index (χ2v) is 5.78. The van der Waals surface area contributed by atoms with E-state index in [1.165, 1.54) is 11.0 Å². The summed E-state index contributed by atoms with van der Waals surface area (Å²) in [7, 11) is 0. The van der Waals surface area contributed by atoms with Crippen LogP contribution in [0.15, 0.2) is 18.2 Å². The quantitative estimate of drug-likeness (QED) is 0.838. The second-order valence-electron chi connectivity index (χ2n) is 5.78. The number of hydrogen-bond acceptors (Lipinski definition) is 2. The average molecular weight is 290 g/mol. The Morgan fingerprint density at radius 2 is 2.05 bits per heavy atom. The zero-order valence-corrected chi connectivity index (χ0v) is 12.3. The molecule has 1 aromatic carbocycles. The third kappa shape index (κ3) is 2.11. The molecule has 2 heterocycles. The van der Waals surface area contributed by atoms with Crippen molar-refractivity contribution in [2.45, 2.75) is 45.2 Å². The SMILES string of the molecule is CCC1C(=O)N2CCCC2C(=O)N1c1ccc(C)cc1F. The van der Waals surface area contributed by atoms with Crippen molar-refractivity contribution in [1.29, 1.82) is 0 Å². The first-order chi connectivity index (χ1) is 10.0. The van der Waals surface area contributed by atoms with E-state index in [2.05, 4.69) is 0 Å². The Labute approximate surface area is 123 Å².